The van der Waals surface area contributed by atoms with Crippen molar-refractivity contribution in [3.63, 3.8) is 0 Å². The molecule has 2 nitrogen and oxygen atoms in total. The highest BCUT2D eigenvalue weighted by molar-refractivity contribution is 6.36. The molecule has 0 amide bonds. The van der Waals surface area contributed by atoms with Crippen molar-refractivity contribution in [1.29, 1.82) is 0 Å². The van der Waals surface area contributed by atoms with E-state index < -0.39 is 0 Å². The number of aromatic nitrogens is 1. The Morgan fingerprint density at radius 1 is 0.667 bits per heavy atom. The minimum absolute atomic E-state index is 0.688. The highest BCUT2D eigenvalue weighted by atomic mass is 35.5. The number of benzene rings is 4. The highest BCUT2D eigenvalue weighted by Crippen LogP contribution is 2.43. The number of nitrogens with one attached hydrogen (secondary N) is 1. The number of aromatic amines is 1. The SMILES string of the molecule is Clc1ccc2c(oc3ccccc32)c1-c1cccc2c1[nH]c1ccccc12. The van der Waals surface area contributed by atoms with E-state index in [9.17, 15) is 0 Å². The first-order valence-electron chi connectivity index (χ1n) is 8.91. The Morgan fingerprint density at radius 3 is 2.37 bits per heavy atom. The van der Waals surface area contributed by atoms with Crippen molar-refractivity contribution < 1.29 is 4.42 Å². The van der Waals surface area contributed by atoms with Crippen LogP contribution in [0.3, 0.4) is 0 Å². The molecule has 6 rings (SSSR count). The summed E-state index contributed by atoms with van der Waals surface area (Å²) < 4.78 is 6.24. The average Bonchev–Trinajstić information content (AvgIpc) is 3.26. The summed E-state index contributed by atoms with van der Waals surface area (Å²) in [6, 6.07) is 26.8. The molecule has 0 spiro atoms. The molecular formula is C24H14ClNO. The van der Waals surface area contributed by atoms with Gasteiger partial charge >= 0.3 is 0 Å². The molecule has 27 heavy (non-hydrogen) atoms. The van der Waals surface area contributed by atoms with Gasteiger partial charge in [-0.1, -0.05) is 66.2 Å². The molecule has 4 aromatic carbocycles. The summed E-state index contributed by atoms with van der Waals surface area (Å²) in [5.41, 5.74) is 5.89. The fraction of sp³-hybridized carbons (Fsp3) is 0. The third-order valence-corrected chi connectivity index (χ3v) is 5.62. The van der Waals surface area contributed by atoms with Crippen LogP contribution in [0.15, 0.2) is 83.3 Å². The van der Waals surface area contributed by atoms with Gasteiger partial charge in [0.25, 0.3) is 0 Å². The molecule has 128 valence electrons. The Bertz CT molecular complexity index is 1490. The van der Waals surface area contributed by atoms with Crippen LogP contribution in [0.4, 0.5) is 0 Å². The quantitative estimate of drug-likeness (QED) is 0.319. The van der Waals surface area contributed by atoms with Gasteiger partial charge in [-0.15, -0.1) is 0 Å². The first-order valence-corrected chi connectivity index (χ1v) is 9.28. The molecular weight excluding hydrogens is 354 g/mol. The van der Waals surface area contributed by atoms with Crippen molar-refractivity contribution in [3.8, 4) is 11.1 Å². The molecule has 0 saturated heterocycles. The lowest BCUT2D eigenvalue weighted by molar-refractivity contribution is 0.670. The van der Waals surface area contributed by atoms with E-state index in [4.69, 9.17) is 16.0 Å². The van der Waals surface area contributed by atoms with E-state index in [1.54, 1.807) is 0 Å². The van der Waals surface area contributed by atoms with Gasteiger partial charge in [-0.05, 0) is 24.3 Å². The largest absolute Gasteiger partial charge is 0.455 e. The zero-order valence-corrected chi connectivity index (χ0v) is 15.0. The maximum atomic E-state index is 6.69. The molecule has 6 aromatic rings. The molecule has 1 N–H and O–H groups in total. The van der Waals surface area contributed by atoms with Crippen molar-refractivity contribution in [3.05, 3.63) is 83.9 Å². The van der Waals surface area contributed by atoms with E-state index in [0.29, 0.717) is 5.02 Å². The molecule has 2 heterocycles. The molecule has 0 atom stereocenters. The summed E-state index contributed by atoms with van der Waals surface area (Å²) in [5, 5.41) is 5.27. The maximum absolute atomic E-state index is 6.69. The summed E-state index contributed by atoms with van der Waals surface area (Å²) in [4.78, 5) is 3.57. The lowest BCUT2D eigenvalue weighted by atomic mass is 9.99. The van der Waals surface area contributed by atoms with E-state index in [2.05, 4.69) is 47.4 Å². The predicted octanol–water partition coefficient (Wildman–Crippen LogP) is 7.54. The fourth-order valence-corrected chi connectivity index (χ4v) is 4.35. The van der Waals surface area contributed by atoms with Gasteiger partial charge in [0.2, 0.25) is 0 Å². The molecule has 3 heteroatoms. The zero-order valence-electron chi connectivity index (χ0n) is 14.3. The number of rotatable bonds is 1. The number of H-pyrrole nitrogens is 1. The number of halogens is 1. The molecule has 0 bridgehead atoms. The number of fused-ring (bicyclic) bond motifs is 6. The van der Waals surface area contributed by atoms with Crippen molar-refractivity contribution in [1.82, 2.24) is 4.98 Å². The van der Waals surface area contributed by atoms with Crippen LogP contribution in [0.5, 0.6) is 0 Å². The van der Waals surface area contributed by atoms with Crippen molar-refractivity contribution in [2.75, 3.05) is 0 Å². The van der Waals surface area contributed by atoms with Crippen molar-refractivity contribution in [2.45, 2.75) is 0 Å². The van der Waals surface area contributed by atoms with Gasteiger partial charge in [0.15, 0.2) is 0 Å². The van der Waals surface area contributed by atoms with Crippen LogP contribution >= 0.6 is 11.6 Å². The number of furan rings is 1. The lowest BCUT2D eigenvalue weighted by Gasteiger charge is -2.07. The molecule has 0 fully saturated rings. The molecule has 0 saturated carbocycles. The second-order valence-corrected chi connectivity index (χ2v) is 7.20. The van der Waals surface area contributed by atoms with Gasteiger partial charge in [0, 0.05) is 38.2 Å². The Hall–Kier alpha value is -3.23. The first kappa shape index (κ1) is 14.9. The van der Waals surface area contributed by atoms with Gasteiger partial charge in [-0.25, -0.2) is 0 Å². The summed E-state index contributed by atoms with van der Waals surface area (Å²) >= 11 is 6.69. The molecule has 0 aliphatic carbocycles. The fourth-order valence-electron chi connectivity index (χ4n) is 4.10. The Balaban J connectivity index is 1.79. The highest BCUT2D eigenvalue weighted by Gasteiger charge is 2.18. The molecule has 0 radical (unpaired) electrons. The summed E-state index contributed by atoms with van der Waals surface area (Å²) in [7, 11) is 0. The second-order valence-electron chi connectivity index (χ2n) is 6.80. The monoisotopic (exact) mass is 367 g/mol. The van der Waals surface area contributed by atoms with Crippen LogP contribution in [0.25, 0.3) is 54.9 Å². The van der Waals surface area contributed by atoms with Crippen LogP contribution in [-0.2, 0) is 0 Å². The van der Waals surface area contributed by atoms with Crippen LogP contribution in [0.2, 0.25) is 5.02 Å². The van der Waals surface area contributed by atoms with Gasteiger partial charge in [-0.3, -0.25) is 0 Å². The van der Waals surface area contributed by atoms with Crippen molar-refractivity contribution >= 4 is 55.3 Å². The van der Waals surface area contributed by atoms with E-state index in [0.717, 1.165) is 44.1 Å². The van der Waals surface area contributed by atoms with Gasteiger partial charge in [-0.2, -0.15) is 0 Å². The van der Waals surface area contributed by atoms with Gasteiger partial charge in [0.05, 0.1) is 10.5 Å². The van der Waals surface area contributed by atoms with E-state index in [-0.39, 0.29) is 0 Å². The topological polar surface area (TPSA) is 28.9 Å². The minimum Gasteiger partial charge on any atom is -0.455 e. The van der Waals surface area contributed by atoms with E-state index in [1.165, 1.54) is 10.8 Å². The van der Waals surface area contributed by atoms with Crippen LogP contribution < -0.4 is 0 Å². The third-order valence-electron chi connectivity index (χ3n) is 5.31. The van der Waals surface area contributed by atoms with E-state index >= 15 is 0 Å². The van der Waals surface area contributed by atoms with Crippen molar-refractivity contribution in [2.24, 2.45) is 0 Å². The van der Waals surface area contributed by atoms with Crippen LogP contribution in [-0.4, -0.2) is 4.98 Å². The number of hydrogen-bond acceptors (Lipinski definition) is 1. The lowest BCUT2D eigenvalue weighted by Crippen LogP contribution is -1.83. The Morgan fingerprint density at radius 2 is 1.44 bits per heavy atom. The average molecular weight is 368 g/mol. The Labute approximate surface area is 160 Å². The predicted molar refractivity (Wildman–Crippen MR) is 114 cm³/mol. The maximum Gasteiger partial charge on any atom is 0.144 e. The molecule has 2 aromatic heterocycles. The zero-order chi connectivity index (χ0) is 18.0. The summed E-state index contributed by atoms with van der Waals surface area (Å²) in [6.45, 7) is 0. The van der Waals surface area contributed by atoms with Crippen LogP contribution in [0.1, 0.15) is 0 Å². The van der Waals surface area contributed by atoms with Crippen LogP contribution in [0, 0.1) is 0 Å². The molecule has 0 unspecified atom stereocenters. The summed E-state index contributed by atoms with van der Waals surface area (Å²) in [6.07, 6.45) is 0. The van der Waals surface area contributed by atoms with E-state index in [1.807, 2.05) is 36.4 Å². The summed E-state index contributed by atoms with van der Waals surface area (Å²) in [5.74, 6) is 0. The van der Waals surface area contributed by atoms with Gasteiger partial charge < -0.3 is 9.40 Å². The van der Waals surface area contributed by atoms with Gasteiger partial charge in [0.1, 0.15) is 11.2 Å². The second kappa shape index (κ2) is 5.38. The normalized spacial score (nSPS) is 11.9. The smallest absolute Gasteiger partial charge is 0.144 e. The first-order chi connectivity index (χ1) is 13.3. The number of hydrogen-bond donors (Lipinski definition) is 1. The number of para-hydroxylation sites is 3. The third kappa shape index (κ3) is 2.02. The minimum atomic E-state index is 0.688. The Kier molecular flexibility index (Phi) is 2.97. The standard InChI is InChI=1S/C24H14ClNO/c25-19-13-12-17-15-7-2-4-11-21(15)27-24(17)22(19)18-9-5-8-16-14-6-1-3-10-20(14)26-23(16)18/h1-13,26H. The molecule has 0 aliphatic heterocycles. The molecule has 0 aliphatic rings.